The van der Waals surface area contributed by atoms with Crippen molar-refractivity contribution >= 4 is 11.6 Å². The van der Waals surface area contributed by atoms with E-state index in [9.17, 15) is 15.3 Å². The quantitative estimate of drug-likeness (QED) is 0.423. The lowest BCUT2D eigenvalue weighted by atomic mass is 9.74. The number of hydrogen-bond acceptors (Lipinski definition) is 7. The van der Waals surface area contributed by atoms with E-state index in [1.165, 1.54) is 0 Å². The van der Waals surface area contributed by atoms with Gasteiger partial charge in [-0.25, -0.2) is 0 Å². The number of alkyl halides is 1. The lowest BCUT2D eigenvalue weighted by Gasteiger charge is -2.40. The highest BCUT2D eigenvalue weighted by atomic mass is 35.5. The van der Waals surface area contributed by atoms with Gasteiger partial charge in [0.15, 0.2) is 0 Å². The summed E-state index contributed by atoms with van der Waals surface area (Å²) in [6.45, 7) is 5.58. The van der Waals surface area contributed by atoms with Crippen molar-refractivity contribution in [2.24, 2.45) is 17.8 Å². The Balaban J connectivity index is 1.46. The second kappa shape index (κ2) is 8.27. The normalized spacial score (nSPS) is 52.7. The van der Waals surface area contributed by atoms with Crippen molar-refractivity contribution in [1.29, 1.82) is 0 Å². The molecule has 0 radical (unpaired) electrons. The van der Waals surface area contributed by atoms with Crippen molar-refractivity contribution in [3.63, 3.8) is 0 Å². The Hall–Kier alpha value is 0.01000. The van der Waals surface area contributed by atoms with Crippen molar-refractivity contribution in [3.8, 4) is 0 Å². The minimum atomic E-state index is -1.31. The zero-order valence-corrected chi connectivity index (χ0v) is 17.7. The summed E-state index contributed by atoms with van der Waals surface area (Å²) >= 11 is 6.29. The summed E-state index contributed by atoms with van der Waals surface area (Å²) in [5.41, 5.74) is -1.31. The molecule has 162 valence electrons. The molecule has 1 aliphatic carbocycles. The lowest BCUT2D eigenvalue weighted by Crippen LogP contribution is -2.62. The summed E-state index contributed by atoms with van der Waals surface area (Å²) in [4.78, 5) is 2.19. The molecule has 0 amide bonds. The van der Waals surface area contributed by atoms with Gasteiger partial charge in [-0.1, -0.05) is 0 Å². The SMILES string of the molecule is CC1NCNC2C1CCN2[C@@H]1OC(CC2CCC(Cl)CC2CO)[C@@](C)(O)[C@H]1O. The minimum Gasteiger partial charge on any atom is -0.396 e. The Labute approximate surface area is 172 Å². The van der Waals surface area contributed by atoms with Gasteiger partial charge in [-0.05, 0) is 57.8 Å². The molecule has 1 saturated carbocycles. The third-order valence-corrected chi connectivity index (χ3v) is 8.24. The van der Waals surface area contributed by atoms with Crippen molar-refractivity contribution in [2.45, 2.75) is 87.6 Å². The van der Waals surface area contributed by atoms with Crippen molar-refractivity contribution in [1.82, 2.24) is 15.5 Å². The summed E-state index contributed by atoms with van der Waals surface area (Å²) in [5.74, 6) is 0.854. The Kier molecular flexibility index (Phi) is 6.28. The average molecular weight is 418 g/mol. The molecule has 0 bridgehead atoms. The van der Waals surface area contributed by atoms with Crippen LogP contribution in [0.15, 0.2) is 0 Å². The lowest BCUT2D eigenvalue weighted by molar-refractivity contribution is -0.110. The predicted molar refractivity (Wildman–Crippen MR) is 107 cm³/mol. The Morgan fingerprint density at radius 1 is 1.21 bits per heavy atom. The highest BCUT2D eigenvalue weighted by molar-refractivity contribution is 6.20. The smallest absolute Gasteiger partial charge is 0.141 e. The Bertz CT molecular complexity index is 554. The number of likely N-dealkylation sites (tertiary alicyclic amines) is 1. The molecule has 10 atom stereocenters. The number of nitrogens with zero attached hydrogens (tertiary/aromatic N) is 1. The molecule has 5 N–H and O–H groups in total. The summed E-state index contributed by atoms with van der Waals surface area (Å²) < 4.78 is 6.33. The number of fused-ring (bicyclic) bond motifs is 1. The van der Waals surface area contributed by atoms with Gasteiger partial charge in [0.25, 0.3) is 0 Å². The third kappa shape index (κ3) is 3.73. The van der Waals surface area contributed by atoms with Crippen LogP contribution in [0, 0.1) is 17.8 Å². The number of ether oxygens (including phenoxy) is 1. The van der Waals surface area contributed by atoms with Gasteiger partial charge in [0.05, 0.1) is 12.3 Å². The first-order valence-electron chi connectivity index (χ1n) is 10.9. The van der Waals surface area contributed by atoms with Crippen molar-refractivity contribution in [2.75, 3.05) is 19.8 Å². The maximum atomic E-state index is 11.1. The molecule has 0 aromatic rings. The number of aliphatic hydroxyl groups excluding tert-OH is 2. The molecule has 4 fully saturated rings. The first-order valence-corrected chi connectivity index (χ1v) is 11.3. The predicted octanol–water partition coefficient (Wildman–Crippen LogP) is 0.416. The summed E-state index contributed by atoms with van der Waals surface area (Å²) in [5, 5.41) is 38.9. The van der Waals surface area contributed by atoms with Gasteiger partial charge in [0, 0.05) is 37.2 Å². The van der Waals surface area contributed by atoms with E-state index < -0.39 is 24.0 Å². The summed E-state index contributed by atoms with van der Waals surface area (Å²) in [6.07, 6.45) is 2.57. The highest BCUT2D eigenvalue weighted by Crippen LogP contribution is 2.43. The summed E-state index contributed by atoms with van der Waals surface area (Å²) in [7, 11) is 0. The topological polar surface area (TPSA) is 97.2 Å². The van der Waals surface area contributed by atoms with Crippen LogP contribution in [0.25, 0.3) is 0 Å². The first-order chi connectivity index (χ1) is 13.3. The number of nitrogens with one attached hydrogen (secondary N) is 2. The second-order valence-electron chi connectivity index (χ2n) is 9.54. The fourth-order valence-electron chi connectivity index (χ4n) is 5.89. The summed E-state index contributed by atoms with van der Waals surface area (Å²) in [6, 6.07) is 0.419. The average Bonchev–Trinajstić information content (AvgIpc) is 3.18. The fourth-order valence-corrected chi connectivity index (χ4v) is 6.24. The van der Waals surface area contributed by atoms with E-state index >= 15 is 0 Å². The van der Waals surface area contributed by atoms with Crippen LogP contribution < -0.4 is 10.6 Å². The molecule has 3 heterocycles. The van der Waals surface area contributed by atoms with Crippen LogP contribution in [-0.2, 0) is 4.74 Å². The monoisotopic (exact) mass is 417 g/mol. The van der Waals surface area contributed by atoms with Crippen LogP contribution in [-0.4, -0.2) is 81.7 Å². The van der Waals surface area contributed by atoms with Crippen LogP contribution in [0.2, 0.25) is 0 Å². The van der Waals surface area contributed by atoms with Crippen LogP contribution >= 0.6 is 11.6 Å². The van der Waals surface area contributed by atoms with Crippen molar-refractivity contribution in [3.05, 3.63) is 0 Å². The molecule has 7 unspecified atom stereocenters. The van der Waals surface area contributed by atoms with Gasteiger partial charge in [0.2, 0.25) is 0 Å². The van der Waals surface area contributed by atoms with Gasteiger partial charge in [-0.15, -0.1) is 11.6 Å². The van der Waals surface area contributed by atoms with E-state index in [-0.39, 0.29) is 30.0 Å². The molecule has 4 aliphatic rings. The van der Waals surface area contributed by atoms with Crippen LogP contribution in [0.1, 0.15) is 46.0 Å². The number of rotatable bonds is 4. The van der Waals surface area contributed by atoms with Gasteiger partial charge < -0.3 is 25.4 Å². The number of halogens is 1. The molecule has 0 aromatic carbocycles. The van der Waals surface area contributed by atoms with Gasteiger partial charge in [-0.2, -0.15) is 0 Å². The van der Waals surface area contributed by atoms with E-state index in [1.54, 1.807) is 6.92 Å². The Morgan fingerprint density at radius 2 is 2.00 bits per heavy atom. The van der Waals surface area contributed by atoms with Gasteiger partial charge in [0.1, 0.15) is 17.9 Å². The van der Waals surface area contributed by atoms with E-state index in [1.807, 2.05) is 0 Å². The maximum absolute atomic E-state index is 11.1. The molecule has 7 nitrogen and oxygen atoms in total. The maximum Gasteiger partial charge on any atom is 0.141 e. The van der Waals surface area contributed by atoms with E-state index in [2.05, 4.69) is 22.5 Å². The molecule has 0 aromatic heterocycles. The molecular formula is C20H36ClN3O4. The second-order valence-corrected chi connectivity index (χ2v) is 10.2. The molecule has 28 heavy (non-hydrogen) atoms. The zero-order valence-electron chi connectivity index (χ0n) is 16.9. The standard InChI is InChI=1S/C20H36ClN3O4/c1-11-15-5-6-24(18(15)23-10-22-11)19-17(26)20(2,27)16(28-19)8-12-3-4-14(21)7-13(12)9-25/h11-19,22-23,25-27H,3-10H2,1-2H3/t11?,12?,13?,14?,15?,16?,17-,18?,19+,20+/m0/s1. The molecular weight excluding hydrogens is 382 g/mol. The van der Waals surface area contributed by atoms with Crippen LogP contribution in [0.3, 0.4) is 0 Å². The fraction of sp³-hybridized carbons (Fsp3) is 1.00. The van der Waals surface area contributed by atoms with E-state index in [0.29, 0.717) is 18.4 Å². The molecule has 4 rings (SSSR count). The molecule has 0 spiro atoms. The number of hydrogen-bond donors (Lipinski definition) is 5. The largest absolute Gasteiger partial charge is 0.396 e. The van der Waals surface area contributed by atoms with Crippen LogP contribution in [0.5, 0.6) is 0 Å². The van der Waals surface area contributed by atoms with Gasteiger partial charge >= 0.3 is 0 Å². The van der Waals surface area contributed by atoms with E-state index in [0.717, 1.165) is 38.9 Å². The Morgan fingerprint density at radius 3 is 2.75 bits per heavy atom. The van der Waals surface area contributed by atoms with Gasteiger partial charge in [-0.3, -0.25) is 10.2 Å². The molecule has 3 aliphatic heterocycles. The van der Waals surface area contributed by atoms with Crippen molar-refractivity contribution < 1.29 is 20.1 Å². The zero-order chi connectivity index (χ0) is 20.1. The first kappa shape index (κ1) is 21.2. The molecule has 8 heteroatoms. The third-order valence-electron chi connectivity index (χ3n) is 7.84. The highest BCUT2D eigenvalue weighted by Gasteiger charge is 2.57. The van der Waals surface area contributed by atoms with E-state index in [4.69, 9.17) is 16.3 Å². The number of aliphatic hydroxyl groups is 3. The van der Waals surface area contributed by atoms with Crippen LogP contribution in [0.4, 0.5) is 0 Å². The minimum absolute atomic E-state index is 0.111. The molecule has 3 saturated heterocycles.